The quantitative estimate of drug-likeness (QED) is 0.352. The molecule has 0 aromatic heterocycles. The van der Waals surface area contributed by atoms with Crippen molar-refractivity contribution in [1.29, 1.82) is 0 Å². The normalized spacial score (nSPS) is 12.1. The molecule has 10 heteroatoms. The largest absolute Gasteiger partial charge is 0.355 e. The lowest BCUT2D eigenvalue weighted by atomic mass is 10.1. The fraction of sp³-hybridized carbons (Fsp3) is 0.286. The predicted octanol–water partition coefficient (Wildman–Crippen LogP) is 5.36. The van der Waals surface area contributed by atoms with Crippen LogP contribution in [0.5, 0.6) is 0 Å². The van der Waals surface area contributed by atoms with Crippen molar-refractivity contribution in [3.05, 3.63) is 93.5 Å². The maximum atomic E-state index is 13.8. The highest BCUT2D eigenvalue weighted by molar-refractivity contribution is 7.92. The van der Waals surface area contributed by atoms with Gasteiger partial charge >= 0.3 is 0 Å². The number of sulfonamides is 1. The summed E-state index contributed by atoms with van der Waals surface area (Å²) in [7, 11) is -4.18. The summed E-state index contributed by atoms with van der Waals surface area (Å²) < 4.78 is 28.6. The van der Waals surface area contributed by atoms with Crippen LogP contribution in [0.4, 0.5) is 5.69 Å². The van der Waals surface area contributed by atoms with E-state index in [4.69, 9.17) is 23.2 Å². The minimum Gasteiger partial charge on any atom is -0.355 e. The number of anilines is 1. The molecule has 0 saturated heterocycles. The smallest absolute Gasteiger partial charge is 0.264 e. The molecule has 3 aromatic carbocycles. The highest BCUT2D eigenvalue weighted by Crippen LogP contribution is 2.31. The minimum absolute atomic E-state index is 0.0176. The number of hydrogen-bond donors (Lipinski definition) is 1. The molecule has 0 aliphatic heterocycles. The Morgan fingerprint density at radius 2 is 1.61 bits per heavy atom. The average Bonchev–Trinajstić information content (AvgIpc) is 2.87. The molecule has 3 aromatic rings. The standard InChI is InChI=1S/C28H31Cl2N3O4S/c1-5-31-28(35)21(4)32(17-22-8-6-7-20(3)15-22)27(34)18-33(23-11-14-25(29)26(30)16-23)38(36,37)24-12-9-19(2)10-13-24/h6-16,21H,5,17-18H2,1-4H3,(H,31,35). The number of carbonyl (C=O) groups is 2. The van der Waals surface area contributed by atoms with Gasteiger partial charge in [-0.05, 0) is 63.6 Å². The third-order valence-electron chi connectivity index (χ3n) is 6.03. The number of nitrogens with zero attached hydrogens (tertiary/aromatic N) is 2. The van der Waals surface area contributed by atoms with Gasteiger partial charge in [0.15, 0.2) is 0 Å². The van der Waals surface area contributed by atoms with Crippen LogP contribution < -0.4 is 9.62 Å². The molecule has 202 valence electrons. The maximum absolute atomic E-state index is 13.8. The van der Waals surface area contributed by atoms with E-state index in [1.54, 1.807) is 26.0 Å². The molecule has 0 bridgehead atoms. The van der Waals surface area contributed by atoms with Crippen LogP contribution in [0.25, 0.3) is 0 Å². The number of amides is 2. The van der Waals surface area contributed by atoms with Crippen LogP contribution in [0.2, 0.25) is 10.0 Å². The van der Waals surface area contributed by atoms with Crippen LogP contribution >= 0.6 is 23.2 Å². The first-order chi connectivity index (χ1) is 17.9. The molecular weight excluding hydrogens is 545 g/mol. The lowest BCUT2D eigenvalue weighted by Gasteiger charge is -2.32. The first-order valence-corrected chi connectivity index (χ1v) is 14.3. The number of likely N-dealkylation sites (N-methyl/N-ethyl adjacent to an activating group) is 1. The molecule has 0 spiro atoms. The number of benzene rings is 3. The van der Waals surface area contributed by atoms with Crippen LogP contribution in [0, 0.1) is 13.8 Å². The van der Waals surface area contributed by atoms with Gasteiger partial charge in [-0.15, -0.1) is 0 Å². The van der Waals surface area contributed by atoms with E-state index in [0.717, 1.165) is 21.0 Å². The predicted molar refractivity (Wildman–Crippen MR) is 152 cm³/mol. The van der Waals surface area contributed by atoms with Crippen molar-refractivity contribution in [1.82, 2.24) is 10.2 Å². The molecule has 3 rings (SSSR count). The fourth-order valence-corrected chi connectivity index (χ4v) is 5.62. The summed E-state index contributed by atoms with van der Waals surface area (Å²) in [6.45, 7) is 7.16. The summed E-state index contributed by atoms with van der Waals surface area (Å²) in [6, 6.07) is 17.4. The first-order valence-electron chi connectivity index (χ1n) is 12.1. The number of halogens is 2. The third kappa shape index (κ3) is 7.07. The van der Waals surface area contributed by atoms with Gasteiger partial charge in [-0.2, -0.15) is 0 Å². The molecule has 1 unspecified atom stereocenters. The zero-order valence-corrected chi connectivity index (χ0v) is 24.1. The molecule has 38 heavy (non-hydrogen) atoms. The molecule has 2 amide bonds. The SMILES string of the molecule is CCNC(=O)C(C)N(Cc1cccc(C)c1)C(=O)CN(c1ccc(Cl)c(Cl)c1)S(=O)(=O)c1ccc(C)cc1. The van der Waals surface area contributed by atoms with Crippen LogP contribution in [0.15, 0.2) is 71.6 Å². The van der Waals surface area contributed by atoms with Crippen molar-refractivity contribution in [3.63, 3.8) is 0 Å². The lowest BCUT2D eigenvalue weighted by Crippen LogP contribution is -2.51. The Bertz CT molecular complexity index is 1410. The Labute approximate surface area is 234 Å². The second kappa shape index (κ2) is 12.7. The van der Waals surface area contributed by atoms with E-state index in [9.17, 15) is 18.0 Å². The van der Waals surface area contributed by atoms with Crippen molar-refractivity contribution in [2.45, 2.75) is 45.2 Å². The molecule has 7 nitrogen and oxygen atoms in total. The monoisotopic (exact) mass is 575 g/mol. The van der Waals surface area contributed by atoms with E-state index in [1.165, 1.54) is 35.2 Å². The number of nitrogens with one attached hydrogen (secondary N) is 1. The second-order valence-corrected chi connectivity index (χ2v) is 11.7. The molecule has 0 heterocycles. The summed E-state index contributed by atoms with van der Waals surface area (Å²) in [5.74, 6) is -0.886. The Morgan fingerprint density at radius 1 is 0.921 bits per heavy atom. The second-order valence-electron chi connectivity index (χ2n) is 9.00. The van der Waals surface area contributed by atoms with Crippen molar-refractivity contribution < 1.29 is 18.0 Å². The highest BCUT2D eigenvalue weighted by Gasteiger charge is 2.32. The maximum Gasteiger partial charge on any atom is 0.264 e. The average molecular weight is 577 g/mol. The van der Waals surface area contributed by atoms with Gasteiger partial charge in [0.25, 0.3) is 10.0 Å². The molecule has 0 fully saturated rings. The van der Waals surface area contributed by atoms with E-state index in [1.807, 2.05) is 38.1 Å². The number of aryl methyl sites for hydroxylation is 2. The Morgan fingerprint density at radius 3 is 2.21 bits per heavy atom. The van der Waals surface area contributed by atoms with Crippen LogP contribution in [0.1, 0.15) is 30.5 Å². The van der Waals surface area contributed by atoms with Crippen molar-refractivity contribution in [3.8, 4) is 0 Å². The summed E-state index contributed by atoms with van der Waals surface area (Å²) in [6.07, 6.45) is 0. The van der Waals surface area contributed by atoms with E-state index in [2.05, 4.69) is 5.32 Å². The van der Waals surface area contributed by atoms with Crippen molar-refractivity contribution in [2.75, 3.05) is 17.4 Å². The summed E-state index contributed by atoms with van der Waals surface area (Å²) >= 11 is 12.3. The Hall–Kier alpha value is -3.07. The Balaban J connectivity index is 2.06. The van der Waals surface area contributed by atoms with Gasteiger partial charge < -0.3 is 10.2 Å². The van der Waals surface area contributed by atoms with E-state index >= 15 is 0 Å². The van der Waals surface area contributed by atoms with E-state index < -0.39 is 28.5 Å². The minimum atomic E-state index is -4.18. The van der Waals surface area contributed by atoms with Gasteiger partial charge in [0, 0.05) is 13.1 Å². The molecule has 0 saturated carbocycles. The lowest BCUT2D eigenvalue weighted by molar-refractivity contribution is -0.139. The third-order valence-corrected chi connectivity index (χ3v) is 8.56. The summed E-state index contributed by atoms with van der Waals surface area (Å²) in [4.78, 5) is 28.0. The van der Waals surface area contributed by atoms with Gasteiger partial charge in [-0.25, -0.2) is 8.42 Å². The number of hydrogen-bond acceptors (Lipinski definition) is 4. The number of rotatable bonds is 10. The summed E-state index contributed by atoms with van der Waals surface area (Å²) in [5.41, 5.74) is 2.88. The molecule has 0 aliphatic rings. The van der Waals surface area contributed by atoms with Gasteiger partial charge in [-0.3, -0.25) is 13.9 Å². The highest BCUT2D eigenvalue weighted by atomic mass is 35.5. The molecule has 0 aliphatic carbocycles. The van der Waals surface area contributed by atoms with Gasteiger partial charge in [0.05, 0.1) is 20.6 Å². The van der Waals surface area contributed by atoms with E-state index in [0.29, 0.717) is 6.54 Å². The molecular formula is C28H31Cl2N3O4S. The van der Waals surface area contributed by atoms with E-state index in [-0.39, 0.29) is 33.1 Å². The summed E-state index contributed by atoms with van der Waals surface area (Å²) in [5, 5.41) is 3.14. The first kappa shape index (κ1) is 29.5. The van der Waals surface area contributed by atoms with Crippen molar-refractivity contribution in [2.24, 2.45) is 0 Å². The van der Waals surface area contributed by atoms with Crippen LogP contribution in [-0.2, 0) is 26.2 Å². The van der Waals surface area contributed by atoms with Crippen molar-refractivity contribution >= 4 is 50.7 Å². The topological polar surface area (TPSA) is 86.8 Å². The zero-order valence-electron chi connectivity index (χ0n) is 21.7. The number of carbonyl (C=O) groups excluding carboxylic acids is 2. The van der Waals surface area contributed by atoms with Crippen LogP contribution in [-0.4, -0.2) is 44.3 Å². The zero-order chi connectivity index (χ0) is 28.0. The van der Waals surface area contributed by atoms with Gasteiger partial charge in [0.2, 0.25) is 11.8 Å². The van der Waals surface area contributed by atoms with Gasteiger partial charge in [0.1, 0.15) is 12.6 Å². The molecule has 1 N–H and O–H groups in total. The van der Waals surface area contributed by atoms with Crippen LogP contribution in [0.3, 0.4) is 0 Å². The molecule has 0 radical (unpaired) electrons. The van der Waals surface area contributed by atoms with Gasteiger partial charge in [-0.1, -0.05) is 70.7 Å². The molecule has 1 atom stereocenters. The fourth-order valence-electron chi connectivity index (χ4n) is 3.92. The Kier molecular flexibility index (Phi) is 9.82.